The number of hydrogen-bond acceptors (Lipinski definition) is 3. The van der Waals surface area contributed by atoms with E-state index in [0.717, 1.165) is 29.7 Å². The van der Waals surface area contributed by atoms with Gasteiger partial charge in [-0.3, -0.25) is 0 Å². The van der Waals surface area contributed by atoms with Gasteiger partial charge in [0.1, 0.15) is 5.75 Å². The van der Waals surface area contributed by atoms with Crippen molar-refractivity contribution in [3.8, 4) is 5.75 Å². The molecule has 1 N–H and O–H groups in total. The summed E-state index contributed by atoms with van der Waals surface area (Å²) in [5.41, 5.74) is 3.10. The predicted octanol–water partition coefficient (Wildman–Crippen LogP) is 3.06. The highest BCUT2D eigenvalue weighted by atomic mass is 32.2. The molecule has 0 fully saturated rings. The first-order chi connectivity index (χ1) is 11.0. The first-order valence-corrected chi connectivity index (χ1v) is 9.29. The normalized spacial score (nSPS) is 11.4. The van der Waals surface area contributed by atoms with Gasteiger partial charge in [-0.25, -0.2) is 13.1 Å². The van der Waals surface area contributed by atoms with E-state index in [-0.39, 0.29) is 5.75 Å². The first-order valence-electron chi connectivity index (χ1n) is 7.64. The summed E-state index contributed by atoms with van der Waals surface area (Å²) in [6.45, 7) is 2.43. The van der Waals surface area contributed by atoms with Crippen LogP contribution in [0.3, 0.4) is 0 Å². The lowest BCUT2D eigenvalue weighted by Gasteiger charge is -2.08. The minimum absolute atomic E-state index is 0.0236. The highest BCUT2D eigenvalue weighted by Crippen LogP contribution is 2.12. The second kappa shape index (κ2) is 8.13. The molecule has 2 aromatic rings. The van der Waals surface area contributed by atoms with Crippen LogP contribution in [0.25, 0.3) is 0 Å². The molecule has 0 amide bonds. The Labute approximate surface area is 138 Å². The zero-order valence-electron chi connectivity index (χ0n) is 13.6. The number of ether oxygens (including phenoxy) is 1. The number of methoxy groups -OCH3 is 1. The van der Waals surface area contributed by atoms with Crippen molar-refractivity contribution in [3.05, 3.63) is 65.2 Å². The average Bonchev–Trinajstić information content (AvgIpc) is 2.54. The second-order valence-electron chi connectivity index (χ2n) is 5.59. The molecule has 0 heterocycles. The van der Waals surface area contributed by atoms with E-state index in [0.29, 0.717) is 6.54 Å². The van der Waals surface area contributed by atoms with Crippen molar-refractivity contribution in [2.45, 2.75) is 25.5 Å². The molecule has 0 spiro atoms. The van der Waals surface area contributed by atoms with Crippen LogP contribution in [0.4, 0.5) is 0 Å². The van der Waals surface area contributed by atoms with Crippen LogP contribution >= 0.6 is 0 Å². The van der Waals surface area contributed by atoms with Crippen molar-refractivity contribution < 1.29 is 13.2 Å². The van der Waals surface area contributed by atoms with Crippen LogP contribution in [0.2, 0.25) is 0 Å². The van der Waals surface area contributed by atoms with Crippen LogP contribution in [0.1, 0.15) is 23.1 Å². The highest BCUT2D eigenvalue weighted by molar-refractivity contribution is 7.88. The molecule has 0 aromatic heterocycles. The van der Waals surface area contributed by atoms with Crippen LogP contribution in [-0.2, 0) is 22.2 Å². The monoisotopic (exact) mass is 333 g/mol. The van der Waals surface area contributed by atoms with E-state index in [4.69, 9.17) is 4.74 Å². The van der Waals surface area contributed by atoms with Crippen LogP contribution in [0.15, 0.2) is 48.5 Å². The van der Waals surface area contributed by atoms with Crippen LogP contribution < -0.4 is 9.46 Å². The summed E-state index contributed by atoms with van der Waals surface area (Å²) in [5.74, 6) is 0.850. The number of rotatable bonds is 8. The topological polar surface area (TPSA) is 55.4 Å². The Morgan fingerprint density at radius 1 is 0.957 bits per heavy atom. The minimum atomic E-state index is -3.28. The smallest absolute Gasteiger partial charge is 0.215 e. The Hall–Kier alpha value is -1.85. The van der Waals surface area contributed by atoms with Crippen molar-refractivity contribution in [2.75, 3.05) is 13.7 Å². The van der Waals surface area contributed by atoms with E-state index in [1.165, 1.54) is 5.56 Å². The van der Waals surface area contributed by atoms with E-state index in [2.05, 4.69) is 4.72 Å². The van der Waals surface area contributed by atoms with Gasteiger partial charge in [0.2, 0.25) is 10.0 Å². The van der Waals surface area contributed by atoms with Gasteiger partial charge in [0.15, 0.2) is 0 Å². The molecule has 5 heteroatoms. The Morgan fingerprint density at radius 2 is 1.57 bits per heavy atom. The van der Waals surface area contributed by atoms with E-state index in [1.807, 2.05) is 55.5 Å². The Balaban J connectivity index is 1.76. The van der Waals surface area contributed by atoms with E-state index >= 15 is 0 Å². The maximum Gasteiger partial charge on any atom is 0.215 e. The Bertz CT molecular complexity index is 707. The maximum atomic E-state index is 12.1. The van der Waals surface area contributed by atoms with E-state index < -0.39 is 10.0 Å². The summed E-state index contributed by atoms with van der Waals surface area (Å²) in [6, 6.07) is 15.4. The molecule has 2 rings (SSSR count). The van der Waals surface area contributed by atoms with Gasteiger partial charge in [0.25, 0.3) is 0 Å². The molecule has 2 aromatic carbocycles. The number of aryl methyl sites for hydroxylation is 2. The molecule has 0 unspecified atom stereocenters. The number of sulfonamides is 1. The van der Waals surface area contributed by atoms with Gasteiger partial charge in [-0.15, -0.1) is 0 Å². The summed E-state index contributed by atoms with van der Waals surface area (Å²) in [5, 5.41) is 0. The molecule has 4 nitrogen and oxygen atoms in total. The van der Waals surface area contributed by atoms with Crippen molar-refractivity contribution in [1.29, 1.82) is 0 Å². The molecule has 23 heavy (non-hydrogen) atoms. The fourth-order valence-corrected chi connectivity index (χ4v) is 3.46. The van der Waals surface area contributed by atoms with Crippen molar-refractivity contribution in [1.82, 2.24) is 4.72 Å². The number of benzene rings is 2. The lowest BCUT2D eigenvalue weighted by atomic mass is 10.1. The molecule has 0 atom stereocenters. The Kier molecular flexibility index (Phi) is 6.19. The summed E-state index contributed by atoms with van der Waals surface area (Å²) in [4.78, 5) is 0. The van der Waals surface area contributed by atoms with E-state index in [9.17, 15) is 8.42 Å². The molecule has 0 bridgehead atoms. The second-order valence-corrected chi connectivity index (χ2v) is 7.40. The SMILES string of the molecule is COc1ccc(CCCNS(=O)(=O)Cc2ccc(C)cc2)cc1. The standard InChI is InChI=1S/C18H23NO3S/c1-15-5-7-17(8-6-15)14-23(20,21)19-13-3-4-16-9-11-18(22-2)12-10-16/h5-12,19H,3-4,13-14H2,1-2H3. The van der Waals surface area contributed by atoms with Gasteiger partial charge in [0, 0.05) is 6.54 Å². The van der Waals surface area contributed by atoms with Gasteiger partial charge >= 0.3 is 0 Å². The van der Waals surface area contributed by atoms with Gasteiger partial charge in [-0.2, -0.15) is 0 Å². The first kappa shape index (κ1) is 17.5. The number of nitrogens with one attached hydrogen (secondary N) is 1. The van der Waals surface area contributed by atoms with Gasteiger partial charge in [-0.1, -0.05) is 42.0 Å². The van der Waals surface area contributed by atoms with Crippen LogP contribution in [0, 0.1) is 6.92 Å². The van der Waals surface area contributed by atoms with Gasteiger partial charge in [-0.05, 0) is 43.0 Å². The van der Waals surface area contributed by atoms with E-state index in [1.54, 1.807) is 7.11 Å². The lowest BCUT2D eigenvalue weighted by Crippen LogP contribution is -2.26. The molecule has 0 aliphatic carbocycles. The maximum absolute atomic E-state index is 12.1. The molecule has 0 saturated heterocycles. The molecular weight excluding hydrogens is 310 g/mol. The quantitative estimate of drug-likeness (QED) is 0.756. The Morgan fingerprint density at radius 3 is 2.17 bits per heavy atom. The molecule has 0 radical (unpaired) electrons. The van der Waals surface area contributed by atoms with Crippen molar-refractivity contribution >= 4 is 10.0 Å². The largest absolute Gasteiger partial charge is 0.497 e. The van der Waals surface area contributed by atoms with Crippen molar-refractivity contribution in [3.63, 3.8) is 0 Å². The van der Waals surface area contributed by atoms with Gasteiger partial charge in [0.05, 0.1) is 12.9 Å². The third-order valence-electron chi connectivity index (χ3n) is 3.60. The predicted molar refractivity (Wildman–Crippen MR) is 93.1 cm³/mol. The fourth-order valence-electron chi connectivity index (χ4n) is 2.27. The molecule has 124 valence electrons. The zero-order chi connectivity index (χ0) is 16.7. The zero-order valence-corrected chi connectivity index (χ0v) is 14.4. The summed E-state index contributed by atoms with van der Waals surface area (Å²) in [6.07, 6.45) is 1.59. The van der Waals surface area contributed by atoms with Crippen LogP contribution in [-0.4, -0.2) is 22.1 Å². The molecule has 0 saturated carbocycles. The number of hydrogen-bond donors (Lipinski definition) is 1. The summed E-state index contributed by atoms with van der Waals surface area (Å²) in [7, 11) is -1.65. The summed E-state index contributed by atoms with van der Waals surface area (Å²) >= 11 is 0. The lowest BCUT2D eigenvalue weighted by molar-refractivity contribution is 0.414. The van der Waals surface area contributed by atoms with Crippen molar-refractivity contribution in [2.24, 2.45) is 0 Å². The molecular formula is C18H23NO3S. The van der Waals surface area contributed by atoms with Gasteiger partial charge < -0.3 is 4.74 Å². The molecule has 0 aliphatic rings. The minimum Gasteiger partial charge on any atom is -0.497 e. The summed E-state index contributed by atoms with van der Waals surface area (Å²) < 4.78 is 31.9. The highest BCUT2D eigenvalue weighted by Gasteiger charge is 2.10. The third-order valence-corrected chi connectivity index (χ3v) is 4.96. The molecule has 0 aliphatic heterocycles. The average molecular weight is 333 g/mol. The third kappa shape index (κ3) is 6.04. The fraction of sp³-hybridized carbons (Fsp3) is 0.333. The van der Waals surface area contributed by atoms with Crippen LogP contribution in [0.5, 0.6) is 5.75 Å².